The summed E-state index contributed by atoms with van der Waals surface area (Å²) in [5.41, 5.74) is 2.29. The van der Waals surface area contributed by atoms with Crippen molar-refractivity contribution in [2.75, 3.05) is 30.3 Å². The Hall–Kier alpha value is -3.57. The average Bonchev–Trinajstić information content (AvgIpc) is 3.05. The molecule has 0 aromatic heterocycles. The number of carbonyl (C=O) groups is 2. The number of sulfonamides is 1. The third kappa shape index (κ3) is 9.25. The van der Waals surface area contributed by atoms with Crippen LogP contribution >= 0.6 is 15.9 Å². The molecule has 1 N–H and O–H groups in total. The minimum atomic E-state index is -3.66. The molecule has 0 unspecified atom stereocenters. The van der Waals surface area contributed by atoms with E-state index in [0.29, 0.717) is 36.8 Å². The number of amides is 2. The van der Waals surface area contributed by atoms with E-state index in [-0.39, 0.29) is 43.8 Å². The predicted octanol–water partition coefficient (Wildman–Crippen LogP) is 5.86. The second-order valence-electron chi connectivity index (χ2n) is 12.0. The van der Waals surface area contributed by atoms with Gasteiger partial charge < -0.3 is 19.7 Å². The standard InChI is InChI=1S/C35H42BrN3O6S/c1-46(42,43)39(30-17-18-32-33(24-30)45-21-20-44-32)19-9-16-34(40)38(25-27-12-8-13-28(36)22-27)31(23-26-10-4-2-5-11-26)35(41)37-29-14-6-3-7-15-29/h2,4-5,8,10-13,17-18,22,24,29,31H,3,6-7,9,14-16,19-21,23,25H2,1H3,(H,37,41)/t31-/m1/s1. The molecule has 9 nitrogen and oxygen atoms in total. The van der Waals surface area contributed by atoms with E-state index in [1.807, 2.05) is 54.6 Å². The van der Waals surface area contributed by atoms with Gasteiger partial charge in [0.05, 0.1) is 11.9 Å². The van der Waals surface area contributed by atoms with Crippen LogP contribution in [-0.4, -0.2) is 63.2 Å². The summed E-state index contributed by atoms with van der Waals surface area (Å²) >= 11 is 3.53. The molecule has 2 amide bonds. The van der Waals surface area contributed by atoms with Crippen molar-refractivity contribution in [3.8, 4) is 11.5 Å². The Bertz CT molecular complexity index is 1600. The van der Waals surface area contributed by atoms with Crippen molar-refractivity contribution >= 4 is 43.5 Å². The van der Waals surface area contributed by atoms with E-state index in [0.717, 1.165) is 47.5 Å². The summed E-state index contributed by atoms with van der Waals surface area (Å²) in [4.78, 5) is 29.8. The number of hydrogen-bond donors (Lipinski definition) is 1. The number of carbonyl (C=O) groups excluding carboxylic acids is 2. The van der Waals surface area contributed by atoms with E-state index in [1.54, 1.807) is 23.1 Å². The van der Waals surface area contributed by atoms with Crippen LogP contribution in [0, 0.1) is 0 Å². The maximum Gasteiger partial charge on any atom is 0.243 e. The topological polar surface area (TPSA) is 105 Å². The first kappa shape index (κ1) is 33.8. The van der Waals surface area contributed by atoms with Gasteiger partial charge in [0.15, 0.2) is 11.5 Å². The number of rotatable bonds is 13. The minimum absolute atomic E-state index is 0.0621. The number of ether oxygens (including phenoxy) is 2. The lowest BCUT2D eigenvalue weighted by atomic mass is 9.94. The fourth-order valence-electron chi connectivity index (χ4n) is 6.12. The summed E-state index contributed by atoms with van der Waals surface area (Å²) in [6, 6.07) is 21.9. The van der Waals surface area contributed by atoms with E-state index in [2.05, 4.69) is 21.2 Å². The minimum Gasteiger partial charge on any atom is -0.486 e. The Balaban J connectivity index is 1.38. The summed E-state index contributed by atoms with van der Waals surface area (Å²) in [7, 11) is -3.66. The first-order chi connectivity index (χ1) is 22.2. The van der Waals surface area contributed by atoms with Crippen LogP contribution in [0.25, 0.3) is 0 Å². The maximum absolute atomic E-state index is 14.1. The van der Waals surface area contributed by atoms with Gasteiger partial charge in [-0.15, -0.1) is 0 Å². The third-order valence-corrected chi connectivity index (χ3v) is 10.1. The van der Waals surface area contributed by atoms with Crippen molar-refractivity contribution in [1.29, 1.82) is 0 Å². The zero-order valence-corrected chi connectivity index (χ0v) is 28.6. The molecule has 0 radical (unpaired) electrons. The largest absolute Gasteiger partial charge is 0.486 e. The first-order valence-corrected chi connectivity index (χ1v) is 18.6. The Morgan fingerprint density at radius 3 is 2.35 bits per heavy atom. The SMILES string of the molecule is CS(=O)(=O)N(CCCC(=O)N(Cc1cccc(Br)c1)[C@H](Cc1ccccc1)C(=O)NC1CCCCC1)c1ccc2c(c1)OCCO2. The zero-order valence-electron chi connectivity index (χ0n) is 26.2. The molecular formula is C35H42BrN3O6S. The van der Waals surface area contributed by atoms with Crippen LogP contribution in [0.3, 0.4) is 0 Å². The number of benzene rings is 3. The summed E-state index contributed by atoms with van der Waals surface area (Å²) in [6.07, 6.45) is 7.04. The Morgan fingerprint density at radius 2 is 1.63 bits per heavy atom. The van der Waals surface area contributed by atoms with Gasteiger partial charge >= 0.3 is 0 Å². The summed E-state index contributed by atoms with van der Waals surface area (Å²) in [6.45, 7) is 1.15. The van der Waals surface area contributed by atoms with Crippen molar-refractivity contribution < 1.29 is 27.5 Å². The fraction of sp³-hybridized carbons (Fsp3) is 0.429. The van der Waals surface area contributed by atoms with Gasteiger partial charge in [-0.1, -0.05) is 77.7 Å². The lowest BCUT2D eigenvalue weighted by Crippen LogP contribution is -2.52. The fourth-order valence-corrected chi connectivity index (χ4v) is 7.53. The smallest absolute Gasteiger partial charge is 0.243 e. The predicted molar refractivity (Wildman–Crippen MR) is 182 cm³/mol. The van der Waals surface area contributed by atoms with Gasteiger partial charge in [-0.05, 0) is 54.7 Å². The molecule has 1 fully saturated rings. The summed E-state index contributed by atoms with van der Waals surface area (Å²) < 4.78 is 39.2. The monoisotopic (exact) mass is 711 g/mol. The van der Waals surface area contributed by atoms with Gasteiger partial charge in [0, 0.05) is 42.5 Å². The molecule has 1 aliphatic carbocycles. The van der Waals surface area contributed by atoms with Crippen molar-refractivity contribution in [2.45, 2.75) is 70.0 Å². The molecule has 0 spiro atoms. The first-order valence-electron chi connectivity index (χ1n) is 15.9. The van der Waals surface area contributed by atoms with E-state index in [9.17, 15) is 18.0 Å². The molecule has 1 saturated carbocycles. The number of hydrogen-bond acceptors (Lipinski definition) is 6. The van der Waals surface area contributed by atoms with Crippen molar-refractivity contribution in [3.05, 3.63) is 88.4 Å². The van der Waals surface area contributed by atoms with Crippen molar-refractivity contribution in [1.82, 2.24) is 10.2 Å². The molecule has 46 heavy (non-hydrogen) atoms. The van der Waals surface area contributed by atoms with Crippen LogP contribution in [0.4, 0.5) is 5.69 Å². The number of anilines is 1. The van der Waals surface area contributed by atoms with Gasteiger partial charge in [-0.2, -0.15) is 0 Å². The highest BCUT2D eigenvalue weighted by Gasteiger charge is 2.32. The van der Waals surface area contributed by atoms with E-state index in [4.69, 9.17) is 9.47 Å². The molecular weight excluding hydrogens is 670 g/mol. The molecule has 2 aliphatic rings. The van der Waals surface area contributed by atoms with Gasteiger partial charge in [-0.3, -0.25) is 13.9 Å². The molecule has 3 aromatic rings. The Morgan fingerprint density at radius 1 is 0.913 bits per heavy atom. The lowest BCUT2D eigenvalue weighted by Gasteiger charge is -2.34. The Kier molecular flexibility index (Phi) is 11.6. The number of nitrogens with one attached hydrogen (secondary N) is 1. The molecule has 1 heterocycles. The maximum atomic E-state index is 14.1. The molecule has 0 bridgehead atoms. The van der Waals surface area contributed by atoms with Crippen molar-refractivity contribution in [3.63, 3.8) is 0 Å². The summed E-state index contributed by atoms with van der Waals surface area (Å²) in [5.74, 6) is 0.683. The molecule has 3 aromatic carbocycles. The highest BCUT2D eigenvalue weighted by Crippen LogP contribution is 2.35. The van der Waals surface area contributed by atoms with Crippen LogP contribution in [0.2, 0.25) is 0 Å². The second-order valence-corrected chi connectivity index (χ2v) is 14.8. The quantitative estimate of drug-likeness (QED) is 0.238. The molecule has 5 rings (SSSR count). The van der Waals surface area contributed by atoms with E-state index in [1.165, 1.54) is 10.7 Å². The number of fused-ring (bicyclic) bond motifs is 1. The number of nitrogens with zero attached hydrogens (tertiary/aromatic N) is 2. The van der Waals surface area contributed by atoms with Crippen molar-refractivity contribution in [2.24, 2.45) is 0 Å². The van der Waals surface area contributed by atoms with Crippen LogP contribution < -0.4 is 19.1 Å². The normalized spacial score (nSPS) is 15.5. The van der Waals surface area contributed by atoms with Crippen LogP contribution in [-0.2, 0) is 32.6 Å². The van der Waals surface area contributed by atoms with Gasteiger partial charge in [0.25, 0.3) is 0 Å². The van der Waals surface area contributed by atoms with Gasteiger partial charge in [0.2, 0.25) is 21.8 Å². The van der Waals surface area contributed by atoms with Crippen LogP contribution in [0.5, 0.6) is 11.5 Å². The molecule has 11 heteroatoms. The highest BCUT2D eigenvalue weighted by atomic mass is 79.9. The Labute approximate surface area is 280 Å². The molecule has 1 aliphatic heterocycles. The number of halogens is 1. The zero-order chi connectivity index (χ0) is 32.5. The van der Waals surface area contributed by atoms with E-state index < -0.39 is 16.1 Å². The second kappa shape index (κ2) is 15.8. The molecule has 1 atom stereocenters. The molecule has 246 valence electrons. The summed E-state index contributed by atoms with van der Waals surface area (Å²) in [5, 5.41) is 3.26. The highest BCUT2D eigenvalue weighted by molar-refractivity contribution is 9.10. The van der Waals surface area contributed by atoms with Gasteiger partial charge in [-0.25, -0.2) is 8.42 Å². The van der Waals surface area contributed by atoms with Crippen LogP contribution in [0.15, 0.2) is 77.3 Å². The average molecular weight is 713 g/mol. The molecule has 0 saturated heterocycles. The van der Waals surface area contributed by atoms with Gasteiger partial charge in [0.1, 0.15) is 19.3 Å². The van der Waals surface area contributed by atoms with E-state index >= 15 is 0 Å². The lowest BCUT2D eigenvalue weighted by molar-refractivity contribution is -0.141. The third-order valence-electron chi connectivity index (χ3n) is 8.43. The van der Waals surface area contributed by atoms with Crippen LogP contribution in [0.1, 0.15) is 56.1 Å².